The van der Waals surface area contributed by atoms with Crippen LogP contribution in [-0.4, -0.2) is 19.0 Å². The highest BCUT2D eigenvalue weighted by molar-refractivity contribution is 7.17. The summed E-state index contributed by atoms with van der Waals surface area (Å²) in [7, 11) is 1.38. The SMILES string of the molecule is COC(=O)c1c(NC(=O)C2CC2)sc2c1CCC2. The number of fused-ring (bicyclic) bond motifs is 1. The molecular weight excluding hydrogens is 250 g/mol. The summed E-state index contributed by atoms with van der Waals surface area (Å²) < 4.78 is 4.83. The summed E-state index contributed by atoms with van der Waals surface area (Å²) in [5.74, 6) is -0.145. The number of thiophene rings is 1. The first kappa shape index (κ1) is 11.7. The van der Waals surface area contributed by atoms with E-state index in [1.54, 1.807) is 0 Å². The Balaban J connectivity index is 1.92. The monoisotopic (exact) mass is 265 g/mol. The molecular formula is C13H15NO3S. The first-order valence-corrected chi connectivity index (χ1v) is 7.06. The predicted octanol–water partition coefficient (Wildman–Crippen LogP) is 2.37. The minimum absolute atomic E-state index is 0.0417. The number of nitrogens with one attached hydrogen (secondary N) is 1. The van der Waals surface area contributed by atoms with E-state index < -0.39 is 0 Å². The Bertz CT molecular complexity index is 517. The van der Waals surface area contributed by atoms with E-state index in [-0.39, 0.29) is 17.8 Å². The third-order valence-electron chi connectivity index (χ3n) is 3.50. The van der Waals surface area contributed by atoms with Crippen LogP contribution in [0.1, 0.15) is 40.1 Å². The fourth-order valence-electron chi connectivity index (χ4n) is 2.37. The van der Waals surface area contributed by atoms with Gasteiger partial charge < -0.3 is 10.1 Å². The summed E-state index contributed by atoms with van der Waals surface area (Å²) in [5, 5.41) is 3.58. The molecule has 1 N–H and O–H groups in total. The molecule has 3 rings (SSSR count). The molecule has 2 aliphatic rings. The maximum atomic E-state index is 11.9. The largest absolute Gasteiger partial charge is 0.465 e. The van der Waals surface area contributed by atoms with Gasteiger partial charge in [-0.2, -0.15) is 0 Å². The second kappa shape index (κ2) is 4.39. The van der Waals surface area contributed by atoms with Gasteiger partial charge >= 0.3 is 5.97 Å². The van der Waals surface area contributed by atoms with Crippen molar-refractivity contribution in [2.24, 2.45) is 5.92 Å². The quantitative estimate of drug-likeness (QED) is 0.854. The lowest BCUT2D eigenvalue weighted by Crippen LogP contribution is -2.15. The second-order valence-corrected chi connectivity index (χ2v) is 5.92. The van der Waals surface area contributed by atoms with Gasteiger partial charge in [0.15, 0.2) is 0 Å². The average molecular weight is 265 g/mol. The van der Waals surface area contributed by atoms with Crippen molar-refractivity contribution in [3.8, 4) is 0 Å². The zero-order chi connectivity index (χ0) is 12.7. The Morgan fingerprint density at radius 1 is 1.33 bits per heavy atom. The Morgan fingerprint density at radius 2 is 2.11 bits per heavy atom. The van der Waals surface area contributed by atoms with E-state index in [0.717, 1.165) is 37.7 Å². The number of aryl methyl sites for hydroxylation is 1. The van der Waals surface area contributed by atoms with Crippen LogP contribution in [0.25, 0.3) is 0 Å². The van der Waals surface area contributed by atoms with E-state index in [1.165, 1.54) is 23.3 Å². The second-order valence-electron chi connectivity index (χ2n) is 4.82. The maximum Gasteiger partial charge on any atom is 0.341 e. The van der Waals surface area contributed by atoms with Crippen LogP contribution >= 0.6 is 11.3 Å². The standard InChI is InChI=1S/C13H15NO3S/c1-17-13(16)10-8-3-2-4-9(8)18-12(10)14-11(15)7-5-6-7/h7H,2-6H2,1H3,(H,14,15). The molecule has 2 aliphatic carbocycles. The van der Waals surface area contributed by atoms with Gasteiger partial charge in [-0.25, -0.2) is 4.79 Å². The summed E-state index contributed by atoms with van der Waals surface area (Å²) >= 11 is 1.53. The molecule has 0 saturated heterocycles. The first-order valence-electron chi connectivity index (χ1n) is 6.24. The lowest BCUT2D eigenvalue weighted by molar-refractivity contribution is -0.117. The van der Waals surface area contributed by atoms with Crippen LogP contribution in [-0.2, 0) is 22.4 Å². The van der Waals surface area contributed by atoms with Crippen molar-refractivity contribution in [3.05, 3.63) is 16.0 Å². The maximum absolute atomic E-state index is 11.9. The van der Waals surface area contributed by atoms with Crippen molar-refractivity contribution in [2.75, 3.05) is 12.4 Å². The molecule has 1 saturated carbocycles. The van der Waals surface area contributed by atoms with Crippen LogP contribution in [0.4, 0.5) is 5.00 Å². The molecule has 1 amide bonds. The molecule has 4 nitrogen and oxygen atoms in total. The molecule has 1 fully saturated rings. The number of ether oxygens (including phenoxy) is 1. The van der Waals surface area contributed by atoms with Crippen LogP contribution in [0.5, 0.6) is 0 Å². The van der Waals surface area contributed by atoms with E-state index >= 15 is 0 Å². The number of hydrogen-bond donors (Lipinski definition) is 1. The fourth-order valence-corrected chi connectivity index (χ4v) is 3.65. The van der Waals surface area contributed by atoms with Crippen molar-refractivity contribution in [2.45, 2.75) is 32.1 Å². The fraction of sp³-hybridized carbons (Fsp3) is 0.538. The summed E-state index contributed by atoms with van der Waals surface area (Å²) in [6.45, 7) is 0. The predicted molar refractivity (Wildman–Crippen MR) is 69.0 cm³/mol. The van der Waals surface area contributed by atoms with E-state index in [4.69, 9.17) is 4.74 Å². The summed E-state index contributed by atoms with van der Waals surface area (Å²) in [5.41, 5.74) is 1.67. The molecule has 0 radical (unpaired) electrons. The molecule has 0 bridgehead atoms. The van der Waals surface area contributed by atoms with Gasteiger partial charge in [0.25, 0.3) is 0 Å². The third-order valence-corrected chi connectivity index (χ3v) is 4.70. The summed E-state index contributed by atoms with van der Waals surface area (Å²) in [6, 6.07) is 0. The lowest BCUT2D eigenvalue weighted by atomic mass is 10.1. The number of carbonyl (C=O) groups excluding carboxylic acids is 2. The number of hydrogen-bond acceptors (Lipinski definition) is 4. The number of esters is 1. The molecule has 0 aliphatic heterocycles. The molecule has 5 heteroatoms. The molecule has 1 heterocycles. The van der Waals surface area contributed by atoms with Gasteiger partial charge in [-0.3, -0.25) is 4.79 Å². The van der Waals surface area contributed by atoms with Crippen LogP contribution in [0.2, 0.25) is 0 Å². The minimum atomic E-state index is -0.333. The Hall–Kier alpha value is -1.36. The van der Waals surface area contributed by atoms with Gasteiger partial charge in [-0.1, -0.05) is 0 Å². The lowest BCUT2D eigenvalue weighted by Gasteiger charge is -2.06. The number of carbonyl (C=O) groups is 2. The molecule has 0 unspecified atom stereocenters. The molecule has 0 atom stereocenters. The topological polar surface area (TPSA) is 55.4 Å². The molecule has 96 valence electrons. The Kier molecular flexibility index (Phi) is 2.86. The van der Waals surface area contributed by atoms with Crippen LogP contribution in [0.15, 0.2) is 0 Å². The van der Waals surface area contributed by atoms with E-state index in [1.807, 2.05) is 0 Å². The van der Waals surface area contributed by atoms with Crippen molar-refractivity contribution in [1.29, 1.82) is 0 Å². The molecule has 1 aromatic heterocycles. The van der Waals surface area contributed by atoms with Gasteiger partial charge in [0.05, 0.1) is 12.7 Å². The summed E-state index contributed by atoms with van der Waals surface area (Å²) in [4.78, 5) is 24.9. The molecule has 18 heavy (non-hydrogen) atoms. The van der Waals surface area contributed by atoms with Gasteiger partial charge in [0, 0.05) is 10.8 Å². The van der Waals surface area contributed by atoms with Gasteiger partial charge in [-0.05, 0) is 37.7 Å². The van der Waals surface area contributed by atoms with Gasteiger partial charge in [0.1, 0.15) is 5.00 Å². The third kappa shape index (κ3) is 1.92. The van der Waals surface area contributed by atoms with E-state index in [2.05, 4.69) is 5.32 Å². The van der Waals surface area contributed by atoms with Crippen molar-refractivity contribution >= 4 is 28.2 Å². The number of amides is 1. The van der Waals surface area contributed by atoms with E-state index in [0.29, 0.717) is 10.6 Å². The van der Waals surface area contributed by atoms with Crippen LogP contribution in [0, 0.1) is 5.92 Å². The van der Waals surface area contributed by atoms with Crippen molar-refractivity contribution < 1.29 is 14.3 Å². The Morgan fingerprint density at radius 3 is 2.78 bits per heavy atom. The van der Waals surface area contributed by atoms with Crippen LogP contribution < -0.4 is 5.32 Å². The number of anilines is 1. The van der Waals surface area contributed by atoms with Gasteiger partial charge in [0.2, 0.25) is 5.91 Å². The number of methoxy groups -OCH3 is 1. The zero-order valence-corrected chi connectivity index (χ0v) is 11.1. The van der Waals surface area contributed by atoms with E-state index in [9.17, 15) is 9.59 Å². The average Bonchev–Trinajstić information content (AvgIpc) is 3.03. The molecule has 1 aromatic rings. The highest BCUT2D eigenvalue weighted by Gasteiger charge is 2.33. The van der Waals surface area contributed by atoms with Crippen molar-refractivity contribution in [1.82, 2.24) is 0 Å². The Labute approximate surface area is 109 Å². The highest BCUT2D eigenvalue weighted by atomic mass is 32.1. The molecule has 0 spiro atoms. The first-order chi connectivity index (χ1) is 8.70. The van der Waals surface area contributed by atoms with Crippen LogP contribution in [0.3, 0.4) is 0 Å². The molecule has 0 aromatic carbocycles. The smallest absolute Gasteiger partial charge is 0.341 e. The zero-order valence-electron chi connectivity index (χ0n) is 10.2. The van der Waals surface area contributed by atoms with Crippen molar-refractivity contribution in [3.63, 3.8) is 0 Å². The number of rotatable bonds is 3. The normalized spacial score (nSPS) is 17.4. The minimum Gasteiger partial charge on any atom is -0.465 e. The highest BCUT2D eigenvalue weighted by Crippen LogP contribution is 2.40. The summed E-state index contributed by atoms with van der Waals surface area (Å²) in [6.07, 6.45) is 4.93. The van der Waals surface area contributed by atoms with Gasteiger partial charge in [-0.15, -0.1) is 11.3 Å².